The zero-order valence-corrected chi connectivity index (χ0v) is 12.6. The van der Waals surface area contributed by atoms with E-state index in [0.717, 1.165) is 19.4 Å². The number of carbonyl (C=O) groups is 1. The molecule has 1 aliphatic heterocycles. The molecule has 3 rings (SSSR count). The van der Waals surface area contributed by atoms with E-state index in [0.29, 0.717) is 26.0 Å². The van der Waals surface area contributed by atoms with Crippen molar-refractivity contribution in [3.05, 3.63) is 35.4 Å². The fourth-order valence-corrected chi connectivity index (χ4v) is 3.34. The van der Waals surface area contributed by atoms with Gasteiger partial charge in [0.15, 0.2) is 0 Å². The van der Waals surface area contributed by atoms with E-state index in [4.69, 9.17) is 9.47 Å². The van der Waals surface area contributed by atoms with Crippen LogP contribution in [0, 0.1) is 0 Å². The lowest BCUT2D eigenvalue weighted by atomic mass is 9.95. The van der Waals surface area contributed by atoms with Gasteiger partial charge in [0.25, 0.3) is 0 Å². The predicted molar refractivity (Wildman–Crippen MR) is 80.2 cm³/mol. The molecule has 4 heteroatoms. The molecule has 4 nitrogen and oxygen atoms in total. The van der Waals surface area contributed by atoms with Gasteiger partial charge in [-0.25, -0.2) is 0 Å². The van der Waals surface area contributed by atoms with Crippen LogP contribution < -0.4 is 5.32 Å². The molecule has 114 valence electrons. The molecular formula is C17H23NO3. The molecule has 1 unspecified atom stereocenters. The molecule has 1 aromatic carbocycles. The number of hydrogen-bond acceptors (Lipinski definition) is 4. The van der Waals surface area contributed by atoms with Gasteiger partial charge in [0.05, 0.1) is 12.7 Å². The Kier molecular flexibility index (Phi) is 4.27. The molecule has 0 amide bonds. The van der Waals surface area contributed by atoms with Crippen LogP contribution in [0.2, 0.25) is 0 Å². The first-order valence-corrected chi connectivity index (χ1v) is 7.84. The summed E-state index contributed by atoms with van der Waals surface area (Å²) < 4.78 is 11.0. The lowest BCUT2D eigenvalue weighted by molar-refractivity contribution is -0.151. The molecule has 0 bridgehead atoms. The first-order chi connectivity index (χ1) is 10.2. The summed E-state index contributed by atoms with van der Waals surface area (Å²) in [6.45, 7) is 3.82. The molecule has 21 heavy (non-hydrogen) atoms. The number of esters is 1. The van der Waals surface area contributed by atoms with Gasteiger partial charge in [-0.3, -0.25) is 10.1 Å². The van der Waals surface area contributed by atoms with Crippen molar-refractivity contribution in [3.63, 3.8) is 0 Å². The molecule has 1 heterocycles. The third-order valence-electron chi connectivity index (χ3n) is 4.46. The van der Waals surface area contributed by atoms with Crippen LogP contribution in [0.4, 0.5) is 0 Å². The largest absolute Gasteiger partial charge is 0.465 e. The maximum Gasteiger partial charge on any atom is 0.327 e. The first kappa shape index (κ1) is 14.5. The Balaban J connectivity index is 1.75. The maximum absolute atomic E-state index is 12.5. The van der Waals surface area contributed by atoms with Crippen LogP contribution in [-0.2, 0) is 27.1 Å². The molecule has 0 saturated carbocycles. The van der Waals surface area contributed by atoms with E-state index in [1.54, 1.807) is 0 Å². The number of hydrogen-bond donors (Lipinski definition) is 1. The standard InChI is InChI=1S/C17H23NO3/c1-2-20-16(19)17(18-12-15-8-5-9-21-15)10-13-6-3-4-7-14(13)11-17/h3-4,6-7,15,18H,2,5,8-12H2,1H3. The van der Waals surface area contributed by atoms with E-state index in [9.17, 15) is 4.79 Å². The molecule has 0 spiro atoms. The molecule has 1 atom stereocenters. The van der Waals surface area contributed by atoms with Crippen molar-refractivity contribution in [1.82, 2.24) is 5.32 Å². The van der Waals surface area contributed by atoms with E-state index >= 15 is 0 Å². The minimum Gasteiger partial charge on any atom is -0.465 e. The van der Waals surface area contributed by atoms with Crippen LogP contribution in [0.15, 0.2) is 24.3 Å². The average molecular weight is 289 g/mol. The second kappa shape index (κ2) is 6.16. The lowest BCUT2D eigenvalue weighted by Crippen LogP contribution is -2.55. The summed E-state index contributed by atoms with van der Waals surface area (Å²) in [6.07, 6.45) is 3.81. The molecule has 0 aromatic heterocycles. The SMILES string of the molecule is CCOC(=O)C1(NCC2CCCO2)Cc2ccccc2C1. The predicted octanol–water partition coefficient (Wildman–Crippen LogP) is 1.86. The van der Waals surface area contributed by atoms with Crippen LogP contribution in [0.5, 0.6) is 0 Å². The molecule has 0 radical (unpaired) electrons. The summed E-state index contributed by atoms with van der Waals surface area (Å²) in [5.74, 6) is -0.140. The summed E-state index contributed by atoms with van der Waals surface area (Å²) >= 11 is 0. The van der Waals surface area contributed by atoms with E-state index in [1.165, 1.54) is 11.1 Å². The van der Waals surface area contributed by atoms with Gasteiger partial charge in [0.1, 0.15) is 5.54 Å². The minimum absolute atomic E-state index is 0.140. The van der Waals surface area contributed by atoms with Crippen LogP contribution in [0.1, 0.15) is 30.9 Å². The zero-order chi connectivity index (χ0) is 14.7. The van der Waals surface area contributed by atoms with Crippen molar-refractivity contribution in [1.29, 1.82) is 0 Å². The third-order valence-corrected chi connectivity index (χ3v) is 4.46. The van der Waals surface area contributed by atoms with Gasteiger partial charge < -0.3 is 9.47 Å². The Bertz CT molecular complexity index is 484. The Morgan fingerprint density at radius 2 is 2.10 bits per heavy atom. The monoisotopic (exact) mass is 289 g/mol. The average Bonchev–Trinajstić information content (AvgIpc) is 3.13. The van der Waals surface area contributed by atoms with Gasteiger partial charge >= 0.3 is 5.97 Å². The topological polar surface area (TPSA) is 47.6 Å². The molecule has 1 aromatic rings. The number of nitrogens with one attached hydrogen (secondary N) is 1. The van der Waals surface area contributed by atoms with Gasteiger partial charge in [-0.15, -0.1) is 0 Å². The second-order valence-electron chi connectivity index (χ2n) is 5.94. The highest BCUT2D eigenvalue weighted by molar-refractivity contribution is 5.83. The van der Waals surface area contributed by atoms with Crippen LogP contribution >= 0.6 is 0 Å². The smallest absolute Gasteiger partial charge is 0.327 e. The van der Waals surface area contributed by atoms with Gasteiger partial charge in [-0.2, -0.15) is 0 Å². The van der Waals surface area contributed by atoms with E-state index in [1.807, 2.05) is 19.1 Å². The van der Waals surface area contributed by atoms with Crippen molar-refractivity contribution in [2.45, 2.75) is 44.2 Å². The summed E-state index contributed by atoms with van der Waals surface area (Å²) in [7, 11) is 0. The van der Waals surface area contributed by atoms with Crippen LogP contribution in [0.3, 0.4) is 0 Å². The van der Waals surface area contributed by atoms with Crippen molar-refractivity contribution >= 4 is 5.97 Å². The van der Waals surface area contributed by atoms with Gasteiger partial charge in [-0.1, -0.05) is 24.3 Å². The number of fused-ring (bicyclic) bond motifs is 1. The molecule has 1 aliphatic carbocycles. The molecule has 1 N–H and O–H groups in total. The van der Waals surface area contributed by atoms with Crippen LogP contribution in [0.25, 0.3) is 0 Å². The quantitative estimate of drug-likeness (QED) is 0.841. The minimum atomic E-state index is -0.619. The first-order valence-electron chi connectivity index (χ1n) is 7.84. The zero-order valence-electron chi connectivity index (χ0n) is 12.6. The summed E-state index contributed by atoms with van der Waals surface area (Å²) in [4.78, 5) is 12.5. The Hall–Kier alpha value is -1.39. The van der Waals surface area contributed by atoms with Crippen molar-refractivity contribution < 1.29 is 14.3 Å². The number of carbonyl (C=O) groups excluding carboxylic acids is 1. The fraction of sp³-hybridized carbons (Fsp3) is 0.588. The fourth-order valence-electron chi connectivity index (χ4n) is 3.34. The van der Waals surface area contributed by atoms with E-state index in [-0.39, 0.29) is 12.1 Å². The summed E-state index contributed by atoms with van der Waals surface area (Å²) in [6, 6.07) is 8.26. The lowest BCUT2D eigenvalue weighted by Gasteiger charge is -2.29. The highest BCUT2D eigenvalue weighted by Gasteiger charge is 2.45. The molecule has 1 saturated heterocycles. The van der Waals surface area contributed by atoms with Crippen molar-refractivity contribution in [2.24, 2.45) is 0 Å². The normalized spacial score (nSPS) is 23.0. The summed E-state index contributed by atoms with van der Waals surface area (Å²) in [5.41, 5.74) is 1.86. The Morgan fingerprint density at radius 3 is 2.67 bits per heavy atom. The highest BCUT2D eigenvalue weighted by atomic mass is 16.5. The molecule has 1 fully saturated rings. The van der Waals surface area contributed by atoms with Gasteiger partial charge in [0, 0.05) is 26.0 Å². The third kappa shape index (κ3) is 2.97. The Labute approximate surface area is 125 Å². The Morgan fingerprint density at radius 1 is 1.38 bits per heavy atom. The number of benzene rings is 1. The summed E-state index contributed by atoms with van der Waals surface area (Å²) in [5, 5.41) is 3.47. The van der Waals surface area contributed by atoms with E-state index in [2.05, 4.69) is 17.4 Å². The van der Waals surface area contributed by atoms with Gasteiger partial charge in [-0.05, 0) is 30.9 Å². The van der Waals surface area contributed by atoms with Gasteiger partial charge in [0.2, 0.25) is 0 Å². The number of rotatable bonds is 5. The molecular weight excluding hydrogens is 266 g/mol. The van der Waals surface area contributed by atoms with Crippen molar-refractivity contribution in [2.75, 3.05) is 19.8 Å². The van der Waals surface area contributed by atoms with E-state index < -0.39 is 5.54 Å². The maximum atomic E-state index is 12.5. The van der Waals surface area contributed by atoms with Crippen LogP contribution in [-0.4, -0.2) is 37.4 Å². The van der Waals surface area contributed by atoms with Crippen molar-refractivity contribution in [3.8, 4) is 0 Å². The number of ether oxygens (including phenoxy) is 2. The molecule has 2 aliphatic rings. The highest BCUT2D eigenvalue weighted by Crippen LogP contribution is 2.31. The second-order valence-corrected chi connectivity index (χ2v) is 5.94.